The molecule has 1 aromatic heterocycles. The molecule has 0 fully saturated rings. The number of rotatable bonds is 3. The van der Waals surface area contributed by atoms with Gasteiger partial charge in [-0.25, -0.2) is 0 Å². The van der Waals surface area contributed by atoms with E-state index in [4.69, 9.17) is 23.1 Å². The number of aliphatic hydroxyl groups is 1. The number of nitrogens with two attached hydrogens (primary N) is 2. The average Bonchev–Trinajstić information content (AvgIpc) is 2.53. The van der Waals surface area contributed by atoms with E-state index in [1.165, 1.54) is 4.88 Å². The van der Waals surface area contributed by atoms with Gasteiger partial charge in [-0.15, -0.1) is 11.3 Å². The third kappa shape index (κ3) is 2.82. The molecule has 1 rings (SSSR count). The lowest BCUT2D eigenvalue weighted by Crippen LogP contribution is -2.28. The quantitative estimate of drug-likeness (QED) is 0.798. The minimum Gasteiger partial charge on any atom is -0.398 e. The van der Waals surface area contributed by atoms with Crippen molar-refractivity contribution in [3.05, 3.63) is 21.0 Å². The van der Waals surface area contributed by atoms with Crippen molar-refractivity contribution in [2.75, 3.05) is 5.73 Å². The summed E-state index contributed by atoms with van der Waals surface area (Å²) in [5.74, 6) is 0.388. The van der Waals surface area contributed by atoms with E-state index in [-0.39, 0.29) is 5.70 Å². The third-order valence-corrected chi connectivity index (χ3v) is 4.98. The Balaban J connectivity index is 3.40. The number of halogens is 1. The molecule has 0 aromatic carbocycles. The van der Waals surface area contributed by atoms with Gasteiger partial charge >= 0.3 is 0 Å². The molecule has 0 saturated heterocycles. The molecular formula is C13H21ClN2OS. The summed E-state index contributed by atoms with van der Waals surface area (Å²) in [6.07, 6.45) is 0. The topological polar surface area (TPSA) is 72.3 Å². The van der Waals surface area contributed by atoms with Crippen molar-refractivity contribution in [1.29, 1.82) is 0 Å². The largest absolute Gasteiger partial charge is 0.398 e. The van der Waals surface area contributed by atoms with Crippen LogP contribution in [0.15, 0.2) is 5.70 Å². The van der Waals surface area contributed by atoms with Crippen LogP contribution < -0.4 is 11.5 Å². The van der Waals surface area contributed by atoms with Crippen LogP contribution in [0.1, 0.15) is 48.9 Å². The number of thiophene rings is 1. The molecule has 18 heavy (non-hydrogen) atoms. The van der Waals surface area contributed by atoms with E-state index in [1.54, 1.807) is 25.2 Å². The van der Waals surface area contributed by atoms with Gasteiger partial charge in [-0.05, 0) is 32.3 Å². The molecule has 0 spiro atoms. The molecule has 5 N–H and O–H groups in total. The van der Waals surface area contributed by atoms with E-state index >= 15 is 0 Å². The van der Waals surface area contributed by atoms with Gasteiger partial charge in [0.15, 0.2) is 0 Å². The second-order valence-corrected chi connectivity index (χ2v) is 6.71. The van der Waals surface area contributed by atoms with Gasteiger partial charge in [0.25, 0.3) is 0 Å². The SMILES string of the molecule is Cc1c(C(C)C)sc(/C(Cl)=C(\N)C(C)(C)O)c1N. The highest BCUT2D eigenvalue weighted by atomic mass is 35.5. The lowest BCUT2D eigenvalue weighted by atomic mass is 10.0. The van der Waals surface area contributed by atoms with E-state index in [0.717, 1.165) is 10.4 Å². The van der Waals surface area contributed by atoms with Crippen LogP contribution in [0.5, 0.6) is 0 Å². The zero-order chi connectivity index (χ0) is 14.2. The van der Waals surface area contributed by atoms with Crippen molar-refractivity contribution >= 4 is 33.7 Å². The maximum absolute atomic E-state index is 9.89. The first-order valence-electron chi connectivity index (χ1n) is 5.84. The Morgan fingerprint density at radius 2 is 1.89 bits per heavy atom. The first kappa shape index (κ1) is 15.3. The van der Waals surface area contributed by atoms with Gasteiger partial charge in [-0.2, -0.15) is 0 Å². The van der Waals surface area contributed by atoms with Crippen LogP contribution in [0, 0.1) is 6.92 Å². The molecule has 0 aliphatic carbocycles. The molecule has 102 valence electrons. The minimum absolute atomic E-state index is 0.243. The Hall–Kier alpha value is -0.710. The highest BCUT2D eigenvalue weighted by Gasteiger charge is 2.24. The molecule has 0 aliphatic heterocycles. The molecule has 1 heterocycles. The molecule has 0 aliphatic rings. The Morgan fingerprint density at radius 1 is 1.39 bits per heavy atom. The fourth-order valence-corrected chi connectivity index (χ4v) is 3.28. The van der Waals surface area contributed by atoms with Gasteiger partial charge in [0.2, 0.25) is 0 Å². The molecule has 1 aromatic rings. The molecule has 0 saturated carbocycles. The molecule has 3 nitrogen and oxygen atoms in total. The van der Waals surface area contributed by atoms with Crippen molar-refractivity contribution < 1.29 is 5.11 Å². The highest BCUT2D eigenvalue weighted by Crippen LogP contribution is 2.42. The summed E-state index contributed by atoms with van der Waals surface area (Å²) in [4.78, 5) is 1.95. The van der Waals surface area contributed by atoms with Gasteiger partial charge in [0, 0.05) is 4.88 Å². The normalized spacial score (nSPS) is 14.0. The van der Waals surface area contributed by atoms with Gasteiger partial charge in [0.1, 0.15) is 0 Å². The third-order valence-electron chi connectivity index (χ3n) is 2.85. The lowest BCUT2D eigenvalue weighted by Gasteiger charge is -2.19. The zero-order valence-corrected chi connectivity index (χ0v) is 13.0. The van der Waals surface area contributed by atoms with Crippen LogP contribution >= 0.6 is 22.9 Å². The lowest BCUT2D eigenvalue weighted by molar-refractivity contribution is 0.119. The van der Waals surface area contributed by atoms with Gasteiger partial charge in [0.05, 0.1) is 26.9 Å². The average molecular weight is 289 g/mol. The molecular weight excluding hydrogens is 268 g/mol. The fraction of sp³-hybridized carbons (Fsp3) is 0.538. The monoisotopic (exact) mass is 288 g/mol. The minimum atomic E-state index is -1.15. The number of nitrogen functional groups attached to an aromatic ring is 1. The molecule has 0 atom stereocenters. The predicted octanol–water partition coefficient (Wildman–Crippen LogP) is 3.40. The number of hydrogen-bond acceptors (Lipinski definition) is 4. The first-order chi connectivity index (χ1) is 8.07. The van der Waals surface area contributed by atoms with Crippen molar-refractivity contribution in [2.45, 2.75) is 46.1 Å². The summed E-state index contributed by atoms with van der Waals surface area (Å²) in [6, 6.07) is 0. The molecule has 0 radical (unpaired) electrons. The Kier molecular flexibility index (Phi) is 4.36. The van der Waals surface area contributed by atoms with Gasteiger partial charge < -0.3 is 16.6 Å². The molecule has 5 heteroatoms. The van der Waals surface area contributed by atoms with Crippen LogP contribution in [0.3, 0.4) is 0 Å². The van der Waals surface area contributed by atoms with Crippen molar-refractivity contribution in [1.82, 2.24) is 0 Å². The van der Waals surface area contributed by atoms with Crippen LogP contribution in [-0.2, 0) is 0 Å². The predicted molar refractivity (Wildman–Crippen MR) is 80.8 cm³/mol. The van der Waals surface area contributed by atoms with E-state index in [0.29, 0.717) is 16.6 Å². The molecule has 0 bridgehead atoms. The number of hydrogen-bond donors (Lipinski definition) is 3. The van der Waals surface area contributed by atoms with E-state index in [2.05, 4.69) is 13.8 Å². The van der Waals surface area contributed by atoms with E-state index in [9.17, 15) is 5.11 Å². The summed E-state index contributed by atoms with van der Waals surface area (Å²) in [6.45, 7) is 9.41. The summed E-state index contributed by atoms with van der Waals surface area (Å²) in [7, 11) is 0. The van der Waals surface area contributed by atoms with Crippen molar-refractivity contribution in [2.24, 2.45) is 5.73 Å². The Bertz CT molecular complexity index is 484. The zero-order valence-electron chi connectivity index (χ0n) is 11.5. The van der Waals surface area contributed by atoms with Crippen molar-refractivity contribution in [3.63, 3.8) is 0 Å². The smallest absolute Gasteiger partial charge is 0.0997 e. The van der Waals surface area contributed by atoms with Crippen LogP contribution in [0.25, 0.3) is 5.03 Å². The maximum atomic E-state index is 9.89. The van der Waals surface area contributed by atoms with Crippen LogP contribution in [-0.4, -0.2) is 10.7 Å². The van der Waals surface area contributed by atoms with Crippen LogP contribution in [0.2, 0.25) is 0 Å². The Labute approximate surface area is 117 Å². The Morgan fingerprint density at radius 3 is 2.22 bits per heavy atom. The first-order valence-corrected chi connectivity index (χ1v) is 7.04. The summed E-state index contributed by atoms with van der Waals surface area (Å²) < 4.78 is 0. The van der Waals surface area contributed by atoms with E-state index < -0.39 is 5.60 Å². The molecule has 0 unspecified atom stereocenters. The van der Waals surface area contributed by atoms with E-state index in [1.807, 2.05) is 6.92 Å². The fourth-order valence-electron chi connectivity index (χ4n) is 1.65. The van der Waals surface area contributed by atoms with Crippen LogP contribution in [0.4, 0.5) is 5.69 Å². The summed E-state index contributed by atoms with van der Waals surface area (Å²) >= 11 is 7.80. The highest BCUT2D eigenvalue weighted by molar-refractivity contribution is 7.14. The standard InChI is InChI=1S/C13H21ClN2OS/c1-6(2)10-7(3)9(15)11(18-10)8(14)12(16)13(4,5)17/h6,17H,15-16H2,1-5H3/b12-8+. The van der Waals surface area contributed by atoms with Gasteiger partial charge in [-0.1, -0.05) is 25.4 Å². The second-order valence-electron chi connectivity index (χ2n) is 5.28. The maximum Gasteiger partial charge on any atom is 0.0997 e. The molecule has 0 amide bonds. The summed E-state index contributed by atoms with van der Waals surface area (Å²) in [5, 5.41) is 10.2. The van der Waals surface area contributed by atoms with Crippen molar-refractivity contribution in [3.8, 4) is 0 Å². The summed E-state index contributed by atoms with van der Waals surface area (Å²) in [5.41, 5.74) is 12.7. The van der Waals surface area contributed by atoms with Gasteiger partial charge in [-0.3, -0.25) is 0 Å². The second kappa shape index (κ2) is 5.11. The number of anilines is 1.